The van der Waals surface area contributed by atoms with E-state index in [4.69, 9.17) is 4.74 Å². The molecule has 2 aromatic rings. The molecule has 0 aromatic carbocycles. The summed E-state index contributed by atoms with van der Waals surface area (Å²) in [5.74, 6) is 0.405. The summed E-state index contributed by atoms with van der Waals surface area (Å²) in [5, 5.41) is 2.84. The van der Waals surface area contributed by atoms with Crippen LogP contribution in [0.15, 0.2) is 36.7 Å². The monoisotopic (exact) mass is 368 g/mol. The lowest BCUT2D eigenvalue weighted by Crippen LogP contribution is -2.44. The Morgan fingerprint density at radius 2 is 2.15 bits per heavy atom. The van der Waals surface area contributed by atoms with Crippen LogP contribution in [0.3, 0.4) is 0 Å². The van der Waals surface area contributed by atoms with E-state index in [1.54, 1.807) is 35.5 Å². The minimum absolute atomic E-state index is 0.116. The lowest BCUT2D eigenvalue weighted by Gasteiger charge is -2.32. The Bertz CT molecular complexity index is 807. The molecule has 1 N–H and O–H groups in total. The van der Waals surface area contributed by atoms with E-state index in [-0.39, 0.29) is 17.7 Å². The summed E-state index contributed by atoms with van der Waals surface area (Å²) >= 11 is 0. The molecular weight excluding hydrogens is 344 g/mol. The molecule has 2 amide bonds. The van der Waals surface area contributed by atoms with Crippen molar-refractivity contribution in [1.82, 2.24) is 14.9 Å². The topological polar surface area (TPSA) is 84.4 Å². The number of amides is 2. The van der Waals surface area contributed by atoms with Gasteiger partial charge in [0.1, 0.15) is 5.82 Å². The predicted octanol–water partition coefficient (Wildman–Crippen LogP) is 2.67. The number of nitrogens with zero attached hydrogens (tertiary/aromatic N) is 3. The molecule has 7 heteroatoms. The Labute approximate surface area is 158 Å². The summed E-state index contributed by atoms with van der Waals surface area (Å²) < 4.78 is 5.51. The first kappa shape index (κ1) is 18.8. The van der Waals surface area contributed by atoms with E-state index in [0.29, 0.717) is 37.0 Å². The summed E-state index contributed by atoms with van der Waals surface area (Å²) in [4.78, 5) is 35.6. The standard InChI is InChI=1S/C20H24N4O3/c1-3-27-16-7-4-10-21-18(16)20(26)24-11-5-6-15(13-24)19(25)23-17-9-8-14(2)12-22-17/h4,7-10,12,15H,3,5-6,11,13H2,1-2H3,(H,22,23,25). The van der Waals surface area contributed by atoms with Crippen molar-refractivity contribution in [2.45, 2.75) is 26.7 Å². The molecule has 27 heavy (non-hydrogen) atoms. The van der Waals surface area contributed by atoms with Crippen molar-refractivity contribution >= 4 is 17.6 Å². The fraction of sp³-hybridized carbons (Fsp3) is 0.400. The maximum atomic E-state index is 12.9. The van der Waals surface area contributed by atoms with Crippen LogP contribution in [0.4, 0.5) is 5.82 Å². The van der Waals surface area contributed by atoms with Crippen molar-refractivity contribution in [3.05, 3.63) is 47.9 Å². The van der Waals surface area contributed by atoms with Gasteiger partial charge in [0.05, 0.1) is 12.5 Å². The van der Waals surface area contributed by atoms with Crippen molar-refractivity contribution in [3.63, 3.8) is 0 Å². The van der Waals surface area contributed by atoms with Gasteiger partial charge in [0.2, 0.25) is 5.91 Å². The van der Waals surface area contributed by atoms with Gasteiger partial charge in [-0.2, -0.15) is 0 Å². The number of likely N-dealkylation sites (tertiary alicyclic amines) is 1. The first-order chi connectivity index (χ1) is 13.1. The molecule has 1 atom stereocenters. The molecule has 3 heterocycles. The van der Waals surface area contributed by atoms with Crippen molar-refractivity contribution in [2.24, 2.45) is 5.92 Å². The average Bonchev–Trinajstić information content (AvgIpc) is 2.70. The van der Waals surface area contributed by atoms with E-state index in [1.165, 1.54) is 0 Å². The maximum Gasteiger partial charge on any atom is 0.276 e. The van der Waals surface area contributed by atoms with Gasteiger partial charge < -0.3 is 15.0 Å². The first-order valence-electron chi connectivity index (χ1n) is 9.19. The Hall–Kier alpha value is -2.96. The highest BCUT2D eigenvalue weighted by Crippen LogP contribution is 2.23. The Kier molecular flexibility index (Phi) is 6.01. The zero-order valence-corrected chi connectivity index (χ0v) is 15.6. The number of piperidine rings is 1. The molecule has 0 saturated carbocycles. The van der Waals surface area contributed by atoms with Crippen molar-refractivity contribution < 1.29 is 14.3 Å². The summed E-state index contributed by atoms with van der Waals surface area (Å²) in [6, 6.07) is 7.15. The fourth-order valence-electron chi connectivity index (χ4n) is 3.12. The second-order valence-electron chi connectivity index (χ2n) is 6.58. The summed E-state index contributed by atoms with van der Waals surface area (Å²) in [5.41, 5.74) is 1.32. The molecule has 0 aliphatic carbocycles. The predicted molar refractivity (Wildman–Crippen MR) is 102 cm³/mol. The highest BCUT2D eigenvalue weighted by atomic mass is 16.5. The van der Waals surface area contributed by atoms with Crippen LogP contribution in [0.25, 0.3) is 0 Å². The van der Waals surface area contributed by atoms with Gasteiger partial charge in [-0.1, -0.05) is 6.07 Å². The molecule has 7 nitrogen and oxygen atoms in total. The van der Waals surface area contributed by atoms with Crippen molar-refractivity contribution in [3.8, 4) is 5.75 Å². The van der Waals surface area contributed by atoms with Gasteiger partial charge in [0.25, 0.3) is 5.91 Å². The molecule has 142 valence electrons. The number of aromatic nitrogens is 2. The van der Waals surface area contributed by atoms with Gasteiger partial charge in [-0.05, 0) is 50.5 Å². The molecule has 1 fully saturated rings. The smallest absolute Gasteiger partial charge is 0.276 e. The second-order valence-corrected chi connectivity index (χ2v) is 6.58. The van der Waals surface area contributed by atoms with Crippen LogP contribution in [0, 0.1) is 12.8 Å². The third kappa shape index (κ3) is 4.61. The molecule has 1 unspecified atom stereocenters. The van der Waals surface area contributed by atoms with Crippen LogP contribution in [-0.4, -0.2) is 46.4 Å². The van der Waals surface area contributed by atoms with Crippen molar-refractivity contribution in [2.75, 3.05) is 25.0 Å². The van der Waals surface area contributed by atoms with Gasteiger partial charge in [-0.15, -0.1) is 0 Å². The average molecular weight is 368 g/mol. The largest absolute Gasteiger partial charge is 0.491 e. The number of hydrogen-bond donors (Lipinski definition) is 1. The van der Waals surface area contributed by atoms with Crippen LogP contribution in [0.2, 0.25) is 0 Å². The normalized spacial score (nSPS) is 16.7. The minimum atomic E-state index is -0.273. The summed E-state index contributed by atoms with van der Waals surface area (Å²) in [6.07, 6.45) is 4.79. The van der Waals surface area contributed by atoms with E-state index in [9.17, 15) is 9.59 Å². The van der Waals surface area contributed by atoms with E-state index in [1.807, 2.05) is 19.9 Å². The number of nitrogens with one attached hydrogen (secondary N) is 1. The van der Waals surface area contributed by atoms with E-state index < -0.39 is 0 Å². The van der Waals surface area contributed by atoms with E-state index in [2.05, 4.69) is 15.3 Å². The van der Waals surface area contributed by atoms with E-state index in [0.717, 1.165) is 18.4 Å². The number of anilines is 1. The number of ether oxygens (including phenoxy) is 1. The molecule has 0 bridgehead atoms. The third-order valence-corrected chi connectivity index (χ3v) is 4.52. The molecule has 0 spiro atoms. The molecule has 3 rings (SSSR count). The van der Waals surface area contributed by atoms with Crippen LogP contribution < -0.4 is 10.1 Å². The Balaban J connectivity index is 1.67. The summed E-state index contributed by atoms with van der Waals surface area (Å²) in [7, 11) is 0. The highest BCUT2D eigenvalue weighted by molar-refractivity contribution is 5.96. The summed E-state index contributed by atoms with van der Waals surface area (Å²) in [6.45, 7) is 5.23. The van der Waals surface area contributed by atoms with Crippen LogP contribution >= 0.6 is 0 Å². The highest BCUT2D eigenvalue weighted by Gasteiger charge is 2.30. The molecule has 1 aliphatic heterocycles. The number of aryl methyl sites for hydroxylation is 1. The zero-order valence-electron chi connectivity index (χ0n) is 15.6. The van der Waals surface area contributed by atoms with Crippen molar-refractivity contribution in [1.29, 1.82) is 0 Å². The molecule has 1 saturated heterocycles. The Morgan fingerprint density at radius 3 is 2.89 bits per heavy atom. The molecule has 0 radical (unpaired) electrons. The molecule has 1 aliphatic rings. The van der Waals surface area contributed by atoms with Crippen LogP contribution in [-0.2, 0) is 4.79 Å². The minimum Gasteiger partial charge on any atom is -0.491 e. The first-order valence-corrected chi connectivity index (χ1v) is 9.19. The van der Waals surface area contributed by atoms with Gasteiger partial charge in [0, 0.05) is 25.5 Å². The van der Waals surface area contributed by atoms with E-state index >= 15 is 0 Å². The number of hydrogen-bond acceptors (Lipinski definition) is 5. The number of pyridine rings is 2. The third-order valence-electron chi connectivity index (χ3n) is 4.52. The Morgan fingerprint density at radius 1 is 1.30 bits per heavy atom. The molecular formula is C20H24N4O3. The second kappa shape index (κ2) is 8.62. The van der Waals surface area contributed by atoms with Gasteiger partial charge in [0.15, 0.2) is 11.4 Å². The maximum absolute atomic E-state index is 12.9. The lowest BCUT2D eigenvalue weighted by molar-refractivity contribution is -0.121. The quantitative estimate of drug-likeness (QED) is 0.877. The van der Waals surface area contributed by atoms with Crippen LogP contribution in [0.5, 0.6) is 5.75 Å². The van der Waals surface area contributed by atoms with Gasteiger partial charge >= 0.3 is 0 Å². The van der Waals surface area contributed by atoms with Crippen LogP contribution in [0.1, 0.15) is 35.8 Å². The zero-order chi connectivity index (χ0) is 19.2. The van der Waals surface area contributed by atoms with Gasteiger partial charge in [-0.3, -0.25) is 9.59 Å². The number of carbonyl (C=O) groups excluding carboxylic acids is 2. The fourth-order valence-corrected chi connectivity index (χ4v) is 3.12. The molecule has 2 aromatic heterocycles. The number of carbonyl (C=O) groups is 2. The number of rotatable bonds is 5. The SMILES string of the molecule is CCOc1cccnc1C(=O)N1CCCC(C(=O)Nc2ccc(C)cn2)C1. The van der Waals surface area contributed by atoms with Gasteiger partial charge in [-0.25, -0.2) is 9.97 Å². The lowest BCUT2D eigenvalue weighted by atomic mass is 9.96.